The van der Waals surface area contributed by atoms with Crippen molar-refractivity contribution in [2.45, 2.75) is 31.2 Å². The molecule has 2 rings (SSSR count). The second kappa shape index (κ2) is 9.57. The summed E-state index contributed by atoms with van der Waals surface area (Å²) in [6, 6.07) is 11.1. The zero-order valence-corrected chi connectivity index (χ0v) is 17.3. The van der Waals surface area contributed by atoms with Crippen molar-refractivity contribution < 1.29 is 22.7 Å². The zero-order valence-electron chi connectivity index (χ0n) is 16.5. The van der Waals surface area contributed by atoms with Gasteiger partial charge in [0.05, 0.1) is 25.2 Å². The molecule has 7 nitrogen and oxygen atoms in total. The normalized spacial score (nSPS) is 12.3. The standard InChI is InChI=1S/C20H26N2O5S/c1-14-5-8-17(9-6-14)28(24,25)22-15(2)20(23)21-12-11-16-7-10-18(26-3)19(13-16)27-4/h5-10,13,15,22H,11-12H2,1-4H3,(H,21,23)/t15-/m0/s1. The molecule has 0 aromatic heterocycles. The Bertz CT molecular complexity index is 911. The molecule has 0 saturated carbocycles. The number of benzene rings is 2. The third-order valence-corrected chi connectivity index (χ3v) is 5.77. The molecule has 0 spiro atoms. The van der Waals surface area contributed by atoms with Crippen molar-refractivity contribution >= 4 is 15.9 Å². The number of carbonyl (C=O) groups excluding carboxylic acids is 1. The molecule has 0 aliphatic rings. The van der Waals surface area contributed by atoms with Crippen LogP contribution in [0.3, 0.4) is 0 Å². The van der Waals surface area contributed by atoms with Crippen LogP contribution in [0.5, 0.6) is 11.5 Å². The number of amides is 1. The molecule has 2 aromatic carbocycles. The van der Waals surface area contributed by atoms with Crippen LogP contribution in [0.4, 0.5) is 0 Å². The van der Waals surface area contributed by atoms with Gasteiger partial charge in [-0.1, -0.05) is 23.8 Å². The quantitative estimate of drug-likeness (QED) is 0.665. The summed E-state index contributed by atoms with van der Waals surface area (Å²) < 4.78 is 37.6. The van der Waals surface area contributed by atoms with Crippen LogP contribution < -0.4 is 19.5 Å². The number of ether oxygens (including phenoxy) is 2. The molecule has 0 aliphatic heterocycles. The molecule has 0 bridgehead atoms. The fourth-order valence-electron chi connectivity index (χ4n) is 2.59. The van der Waals surface area contributed by atoms with Gasteiger partial charge in [0.15, 0.2) is 11.5 Å². The number of rotatable bonds is 9. The van der Waals surface area contributed by atoms with Crippen molar-refractivity contribution in [3.8, 4) is 11.5 Å². The van der Waals surface area contributed by atoms with Gasteiger partial charge in [-0.15, -0.1) is 0 Å². The van der Waals surface area contributed by atoms with Gasteiger partial charge in [-0.3, -0.25) is 4.79 Å². The van der Waals surface area contributed by atoms with Crippen molar-refractivity contribution in [1.29, 1.82) is 0 Å². The Morgan fingerprint density at radius 1 is 1.04 bits per heavy atom. The van der Waals surface area contributed by atoms with Gasteiger partial charge in [-0.05, 0) is 50.1 Å². The molecule has 8 heteroatoms. The van der Waals surface area contributed by atoms with E-state index in [-0.39, 0.29) is 4.90 Å². The molecule has 0 heterocycles. The van der Waals surface area contributed by atoms with Gasteiger partial charge < -0.3 is 14.8 Å². The van der Waals surface area contributed by atoms with Crippen LogP contribution in [0.2, 0.25) is 0 Å². The molecule has 2 N–H and O–H groups in total. The summed E-state index contributed by atoms with van der Waals surface area (Å²) in [6.45, 7) is 3.75. The van der Waals surface area contributed by atoms with Crippen LogP contribution in [0.25, 0.3) is 0 Å². The van der Waals surface area contributed by atoms with E-state index in [1.165, 1.54) is 19.1 Å². The van der Waals surface area contributed by atoms with Gasteiger partial charge in [-0.2, -0.15) is 4.72 Å². The Hall–Kier alpha value is -2.58. The van der Waals surface area contributed by atoms with E-state index >= 15 is 0 Å². The molecule has 0 saturated heterocycles. The maximum absolute atomic E-state index is 12.4. The van der Waals surface area contributed by atoms with Crippen LogP contribution in [0.1, 0.15) is 18.1 Å². The predicted octanol–water partition coefficient (Wildman–Crippen LogP) is 2.04. The lowest BCUT2D eigenvalue weighted by atomic mass is 10.1. The predicted molar refractivity (Wildman–Crippen MR) is 107 cm³/mol. The van der Waals surface area contributed by atoms with Crippen LogP contribution in [-0.2, 0) is 21.2 Å². The smallest absolute Gasteiger partial charge is 0.241 e. The highest BCUT2D eigenvalue weighted by Gasteiger charge is 2.21. The minimum absolute atomic E-state index is 0.128. The van der Waals surface area contributed by atoms with Gasteiger partial charge in [0.2, 0.25) is 15.9 Å². The number of hydrogen-bond donors (Lipinski definition) is 2. The van der Waals surface area contributed by atoms with E-state index in [1.54, 1.807) is 32.4 Å². The summed E-state index contributed by atoms with van der Waals surface area (Å²) in [5.41, 5.74) is 1.92. The molecule has 2 aromatic rings. The molecule has 0 aliphatic carbocycles. The van der Waals surface area contributed by atoms with Crippen molar-refractivity contribution in [2.75, 3.05) is 20.8 Å². The Morgan fingerprint density at radius 3 is 2.29 bits per heavy atom. The minimum Gasteiger partial charge on any atom is -0.493 e. The second-order valence-electron chi connectivity index (χ2n) is 6.39. The van der Waals surface area contributed by atoms with Gasteiger partial charge in [0.25, 0.3) is 0 Å². The Balaban J connectivity index is 1.89. The maximum Gasteiger partial charge on any atom is 0.241 e. The lowest BCUT2D eigenvalue weighted by Gasteiger charge is -2.15. The summed E-state index contributed by atoms with van der Waals surface area (Å²) in [5.74, 6) is 0.858. The third-order valence-electron chi connectivity index (χ3n) is 4.22. The van der Waals surface area contributed by atoms with Crippen molar-refractivity contribution in [3.63, 3.8) is 0 Å². The Labute approximate surface area is 166 Å². The average Bonchev–Trinajstić information content (AvgIpc) is 2.67. The fraction of sp³-hybridized carbons (Fsp3) is 0.350. The molecule has 28 heavy (non-hydrogen) atoms. The molecule has 0 radical (unpaired) electrons. The van der Waals surface area contributed by atoms with Crippen LogP contribution in [-0.4, -0.2) is 41.1 Å². The third kappa shape index (κ3) is 5.71. The summed E-state index contributed by atoms with van der Waals surface area (Å²) in [4.78, 5) is 12.4. The minimum atomic E-state index is -3.76. The summed E-state index contributed by atoms with van der Waals surface area (Å²) in [5, 5.41) is 2.74. The molecule has 1 amide bonds. The number of carbonyl (C=O) groups is 1. The first kappa shape index (κ1) is 21.7. The lowest BCUT2D eigenvalue weighted by molar-refractivity contribution is -0.122. The zero-order chi connectivity index (χ0) is 20.7. The summed E-state index contributed by atoms with van der Waals surface area (Å²) in [7, 11) is -0.629. The van der Waals surface area contributed by atoms with Gasteiger partial charge in [0.1, 0.15) is 0 Å². The topological polar surface area (TPSA) is 93.7 Å². The van der Waals surface area contributed by atoms with Gasteiger partial charge in [-0.25, -0.2) is 8.42 Å². The van der Waals surface area contributed by atoms with Gasteiger partial charge in [0, 0.05) is 6.54 Å². The number of sulfonamides is 1. The van der Waals surface area contributed by atoms with Crippen LogP contribution >= 0.6 is 0 Å². The molecule has 152 valence electrons. The highest BCUT2D eigenvalue weighted by atomic mass is 32.2. The lowest BCUT2D eigenvalue weighted by Crippen LogP contribution is -2.45. The number of hydrogen-bond acceptors (Lipinski definition) is 5. The van der Waals surface area contributed by atoms with Crippen LogP contribution in [0.15, 0.2) is 47.4 Å². The average molecular weight is 407 g/mol. The SMILES string of the molecule is COc1ccc(CCNC(=O)[C@H](C)NS(=O)(=O)c2ccc(C)cc2)cc1OC. The molecule has 0 fully saturated rings. The first-order chi connectivity index (χ1) is 13.3. The van der Waals surface area contributed by atoms with E-state index in [4.69, 9.17) is 9.47 Å². The Kier molecular flexibility index (Phi) is 7.42. The first-order valence-corrected chi connectivity index (χ1v) is 10.3. The van der Waals surface area contributed by atoms with E-state index in [1.807, 2.05) is 19.1 Å². The van der Waals surface area contributed by atoms with Crippen molar-refractivity contribution in [2.24, 2.45) is 0 Å². The molecular weight excluding hydrogens is 380 g/mol. The van der Waals surface area contributed by atoms with E-state index < -0.39 is 22.0 Å². The van der Waals surface area contributed by atoms with E-state index in [0.717, 1.165) is 11.1 Å². The van der Waals surface area contributed by atoms with Crippen molar-refractivity contribution in [1.82, 2.24) is 10.0 Å². The van der Waals surface area contributed by atoms with Gasteiger partial charge >= 0.3 is 0 Å². The fourth-order valence-corrected chi connectivity index (χ4v) is 3.79. The second-order valence-corrected chi connectivity index (χ2v) is 8.10. The summed E-state index contributed by atoms with van der Waals surface area (Å²) >= 11 is 0. The van der Waals surface area contributed by atoms with E-state index in [2.05, 4.69) is 10.0 Å². The molecule has 0 unspecified atom stereocenters. The van der Waals surface area contributed by atoms with Crippen molar-refractivity contribution in [3.05, 3.63) is 53.6 Å². The van der Waals surface area contributed by atoms with E-state index in [9.17, 15) is 13.2 Å². The molecular formula is C20H26N2O5S. The molecule has 1 atom stereocenters. The Morgan fingerprint density at radius 2 is 1.68 bits per heavy atom. The summed E-state index contributed by atoms with van der Waals surface area (Å²) in [6.07, 6.45) is 0.573. The van der Waals surface area contributed by atoms with Crippen LogP contribution in [0, 0.1) is 6.92 Å². The highest BCUT2D eigenvalue weighted by molar-refractivity contribution is 7.89. The van der Waals surface area contributed by atoms with E-state index in [0.29, 0.717) is 24.5 Å². The maximum atomic E-state index is 12.4. The largest absolute Gasteiger partial charge is 0.493 e. The first-order valence-electron chi connectivity index (χ1n) is 8.84. The monoisotopic (exact) mass is 406 g/mol. The number of methoxy groups -OCH3 is 2. The number of nitrogens with one attached hydrogen (secondary N) is 2. The highest BCUT2D eigenvalue weighted by Crippen LogP contribution is 2.27. The number of aryl methyl sites for hydroxylation is 1.